The van der Waals surface area contributed by atoms with Crippen LogP contribution >= 0.6 is 0 Å². The van der Waals surface area contributed by atoms with E-state index >= 15 is 0 Å². The second-order valence-electron chi connectivity index (χ2n) is 6.52. The van der Waals surface area contributed by atoms with Crippen molar-refractivity contribution >= 4 is 11.9 Å². The molecule has 1 aliphatic rings. The SMILES string of the molecule is CCOC(=O)C1=C(C)NC(C)=C(C(=O)OCC)C1c1ccccc1OCCO[N+](=O)[O-]. The summed E-state index contributed by atoms with van der Waals surface area (Å²) >= 11 is 0. The third kappa shape index (κ3) is 5.74. The lowest BCUT2D eigenvalue weighted by atomic mass is 9.80. The number of nitrogens with zero attached hydrogens (tertiary/aromatic N) is 1. The number of hydrogen-bond acceptors (Lipinski definition) is 9. The minimum absolute atomic E-state index is 0.0994. The van der Waals surface area contributed by atoms with Gasteiger partial charge in [0.1, 0.15) is 19.0 Å². The molecule has 0 saturated carbocycles. The van der Waals surface area contributed by atoms with E-state index in [-0.39, 0.29) is 37.6 Å². The summed E-state index contributed by atoms with van der Waals surface area (Å²) in [4.78, 5) is 40.3. The summed E-state index contributed by atoms with van der Waals surface area (Å²) in [5.41, 5.74) is 2.12. The second-order valence-corrected chi connectivity index (χ2v) is 6.52. The molecule has 1 aromatic rings. The van der Waals surface area contributed by atoms with Gasteiger partial charge in [0.05, 0.1) is 30.3 Å². The molecule has 0 saturated heterocycles. The molecule has 31 heavy (non-hydrogen) atoms. The Kier molecular flexibility index (Phi) is 8.42. The van der Waals surface area contributed by atoms with Crippen LogP contribution in [-0.2, 0) is 23.9 Å². The maximum atomic E-state index is 12.8. The molecule has 10 nitrogen and oxygen atoms in total. The first kappa shape index (κ1) is 23.7. The maximum Gasteiger partial charge on any atom is 0.336 e. The van der Waals surface area contributed by atoms with Crippen molar-refractivity contribution in [3.63, 3.8) is 0 Å². The molecule has 1 aliphatic heterocycles. The molecule has 0 radical (unpaired) electrons. The molecule has 0 fully saturated rings. The Labute approximate surface area is 179 Å². The molecule has 0 spiro atoms. The van der Waals surface area contributed by atoms with Crippen LogP contribution < -0.4 is 10.1 Å². The number of carbonyl (C=O) groups excluding carboxylic acids is 2. The van der Waals surface area contributed by atoms with Crippen molar-refractivity contribution < 1.29 is 33.7 Å². The second kappa shape index (κ2) is 11.0. The predicted molar refractivity (Wildman–Crippen MR) is 109 cm³/mol. The van der Waals surface area contributed by atoms with E-state index in [1.165, 1.54) is 0 Å². The zero-order valence-electron chi connectivity index (χ0n) is 17.9. The number of dihydropyridines is 1. The van der Waals surface area contributed by atoms with Crippen LogP contribution in [0.25, 0.3) is 0 Å². The van der Waals surface area contributed by atoms with Crippen molar-refractivity contribution in [1.82, 2.24) is 5.32 Å². The summed E-state index contributed by atoms with van der Waals surface area (Å²) in [6, 6.07) is 6.84. The van der Waals surface area contributed by atoms with E-state index in [1.54, 1.807) is 52.0 Å². The molecule has 0 unspecified atom stereocenters. The Morgan fingerprint density at radius 2 is 1.55 bits per heavy atom. The van der Waals surface area contributed by atoms with Crippen molar-refractivity contribution in [2.45, 2.75) is 33.6 Å². The fourth-order valence-corrected chi connectivity index (χ4v) is 3.38. The smallest absolute Gasteiger partial charge is 0.336 e. The lowest BCUT2D eigenvalue weighted by molar-refractivity contribution is -0.757. The molecular weight excluding hydrogens is 408 g/mol. The zero-order chi connectivity index (χ0) is 23.0. The standard InChI is InChI=1S/C21H26N2O8/c1-5-28-20(24)17-13(3)22-14(4)18(21(25)29-6-2)19(17)15-9-7-8-10-16(15)30-11-12-31-23(26)27/h7-10,19,22H,5-6,11-12H2,1-4H3. The van der Waals surface area contributed by atoms with Gasteiger partial charge in [-0.05, 0) is 33.8 Å². The highest BCUT2D eigenvalue weighted by Crippen LogP contribution is 2.42. The van der Waals surface area contributed by atoms with Crippen molar-refractivity contribution in [3.8, 4) is 5.75 Å². The lowest BCUT2D eigenvalue weighted by Gasteiger charge is -2.31. The summed E-state index contributed by atoms with van der Waals surface area (Å²) in [7, 11) is 0. The number of para-hydroxylation sites is 1. The van der Waals surface area contributed by atoms with Gasteiger partial charge in [-0.15, -0.1) is 10.1 Å². The van der Waals surface area contributed by atoms with Crippen LogP contribution in [0.1, 0.15) is 39.2 Å². The Morgan fingerprint density at radius 3 is 2.06 bits per heavy atom. The van der Waals surface area contributed by atoms with E-state index in [2.05, 4.69) is 10.2 Å². The maximum absolute atomic E-state index is 12.8. The average molecular weight is 434 g/mol. The Bertz CT molecular complexity index is 866. The van der Waals surface area contributed by atoms with E-state index in [0.717, 1.165) is 0 Å². The average Bonchev–Trinajstić information content (AvgIpc) is 2.71. The van der Waals surface area contributed by atoms with Gasteiger partial charge in [0, 0.05) is 17.0 Å². The zero-order valence-corrected chi connectivity index (χ0v) is 17.9. The van der Waals surface area contributed by atoms with Crippen LogP contribution in [0.4, 0.5) is 0 Å². The molecule has 2 rings (SSSR count). The van der Waals surface area contributed by atoms with Crippen molar-refractivity contribution in [3.05, 3.63) is 62.5 Å². The molecule has 168 valence electrons. The van der Waals surface area contributed by atoms with Gasteiger partial charge in [-0.1, -0.05) is 18.2 Å². The number of rotatable bonds is 10. The minimum Gasteiger partial charge on any atom is -0.491 e. The van der Waals surface area contributed by atoms with E-state index in [4.69, 9.17) is 14.2 Å². The summed E-state index contributed by atoms with van der Waals surface area (Å²) in [6.07, 6.45) is 0. The highest BCUT2D eigenvalue weighted by atomic mass is 17.0. The van der Waals surface area contributed by atoms with Crippen LogP contribution in [0.2, 0.25) is 0 Å². The number of benzene rings is 1. The normalized spacial score (nSPS) is 14.1. The van der Waals surface area contributed by atoms with Crippen molar-refractivity contribution in [2.75, 3.05) is 26.4 Å². The van der Waals surface area contributed by atoms with E-state index in [0.29, 0.717) is 22.7 Å². The minimum atomic E-state index is -0.905. The largest absolute Gasteiger partial charge is 0.491 e. The molecule has 0 atom stereocenters. The first-order chi connectivity index (χ1) is 14.8. The fourth-order valence-electron chi connectivity index (χ4n) is 3.38. The van der Waals surface area contributed by atoms with Crippen LogP contribution in [0, 0.1) is 10.1 Å². The highest BCUT2D eigenvalue weighted by Gasteiger charge is 2.39. The summed E-state index contributed by atoms with van der Waals surface area (Å²) < 4.78 is 16.2. The number of allylic oxidation sites excluding steroid dienone is 2. The number of ether oxygens (including phenoxy) is 3. The van der Waals surface area contributed by atoms with E-state index in [9.17, 15) is 19.7 Å². The van der Waals surface area contributed by atoms with Gasteiger partial charge in [0.25, 0.3) is 5.09 Å². The van der Waals surface area contributed by atoms with Crippen LogP contribution in [0.3, 0.4) is 0 Å². The van der Waals surface area contributed by atoms with Gasteiger partial charge in [-0.2, -0.15) is 0 Å². The van der Waals surface area contributed by atoms with Gasteiger partial charge in [-0.25, -0.2) is 9.59 Å². The molecule has 1 aromatic carbocycles. The van der Waals surface area contributed by atoms with Gasteiger partial charge in [0.15, 0.2) is 0 Å². The topological polar surface area (TPSA) is 126 Å². The Morgan fingerprint density at radius 1 is 1.00 bits per heavy atom. The molecule has 0 amide bonds. The molecular formula is C21H26N2O8. The monoisotopic (exact) mass is 434 g/mol. The molecule has 1 heterocycles. The summed E-state index contributed by atoms with van der Waals surface area (Å²) in [5.74, 6) is -1.60. The van der Waals surface area contributed by atoms with E-state index in [1.807, 2.05) is 0 Å². The van der Waals surface area contributed by atoms with Crippen LogP contribution in [0.5, 0.6) is 5.75 Å². The molecule has 0 aliphatic carbocycles. The predicted octanol–water partition coefficient (Wildman–Crippen LogP) is 2.63. The number of hydrogen-bond donors (Lipinski definition) is 1. The summed E-state index contributed by atoms with van der Waals surface area (Å²) in [5, 5.41) is 12.5. The van der Waals surface area contributed by atoms with Crippen LogP contribution in [-0.4, -0.2) is 43.5 Å². The van der Waals surface area contributed by atoms with Gasteiger partial charge in [0.2, 0.25) is 0 Å². The van der Waals surface area contributed by atoms with Crippen molar-refractivity contribution in [2.24, 2.45) is 0 Å². The molecule has 1 N–H and O–H groups in total. The van der Waals surface area contributed by atoms with Gasteiger partial charge < -0.3 is 24.4 Å². The fraction of sp³-hybridized carbons (Fsp3) is 0.429. The first-order valence-electron chi connectivity index (χ1n) is 9.83. The molecule has 0 aromatic heterocycles. The van der Waals surface area contributed by atoms with Crippen LogP contribution in [0.15, 0.2) is 46.8 Å². The highest BCUT2D eigenvalue weighted by molar-refractivity contribution is 6.00. The molecule has 10 heteroatoms. The first-order valence-corrected chi connectivity index (χ1v) is 9.83. The number of carbonyl (C=O) groups is 2. The van der Waals surface area contributed by atoms with Gasteiger partial charge in [-0.3, -0.25) is 0 Å². The lowest BCUT2D eigenvalue weighted by Crippen LogP contribution is -2.32. The third-order valence-electron chi connectivity index (χ3n) is 4.52. The quantitative estimate of drug-likeness (QED) is 0.256. The number of nitrogens with one attached hydrogen (secondary N) is 1. The number of esters is 2. The Hall–Kier alpha value is -3.56. The Balaban J connectivity index is 2.54. The van der Waals surface area contributed by atoms with Crippen molar-refractivity contribution in [1.29, 1.82) is 0 Å². The molecule has 0 bridgehead atoms. The third-order valence-corrected chi connectivity index (χ3v) is 4.52. The van der Waals surface area contributed by atoms with Gasteiger partial charge >= 0.3 is 11.9 Å². The van der Waals surface area contributed by atoms with E-state index < -0.39 is 22.9 Å². The summed E-state index contributed by atoms with van der Waals surface area (Å²) in [6.45, 7) is 6.78.